The van der Waals surface area contributed by atoms with Crippen LogP contribution >= 0.6 is 0 Å². The number of hydrogen-bond donors (Lipinski definition) is 1. The smallest absolute Gasteiger partial charge is 0.222 e. The number of hydrogen-bond acceptors (Lipinski definition) is 3. The summed E-state index contributed by atoms with van der Waals surface area (Å²) in [5.74, 6) is 0.280. The molecule has 1 fully saturated rings. The van der Waals surface area contributed by atoms with E-state index in [9.17, 15) is 4.79 Å². The zero-order valence-electron chi connectivity index (χ0n) is 11.0. The zero-order chi connectivity index (χ0) is 12.5. The molecule has 1 amide bonds. The predicted molar refractivity (Wildman–Crippen MR) is 68.8 cm³/mol. The maximum absolute atomic E-state index is 12.1. The SMILES string of the molecule is CCOCCCC(=O)N1CCCCC1CCN. The van der Waals surface area contributed by atoms with Crippen LogP contribution in [-0.2, 0) is 9.53 Å². The summed E-state index contributed by atoms with van der Waals surface area (Å²) < 4.78 is 5.25. The van der Waals surface area contributed by atoms with Crippen molar-refractivity contribution in [3.8, 4) is 0 Å². The summed E-state index contributed by atoms with van der Waals surface area (Å²) in [6.45, 7) is 4.99. The molecule has 1 aliphatic heterocycles. The average Bonchev–Trinajstić information content (AvgIpc) is 2.35. The highest BCUT2D eigenvalue weighted by Crippen LogP contribution is 2.20. The van der Waals surface area contributed by atoms with E-state index in [4.69, 9.17) is 10.5 Å². The van der Waals surface area contributed by atoms with Crippen LogP contribution in [0.25, 0.3) is 0 Å². The highest BCUT2D eigenvalue weighted by molar-refractivity contribution is 5.76. The van der Waals surface area contributed by atoms with E-state index in [1.165, 1.54) is 6.42 Å². The topological polar surface area (TPSA) is 55.6 Å². The van der Waals surface area contributed by atoms with Gasteiger partial charge in [-0.15, -0.1) is 0 Å². The van der Waals surface area contributed by atoms with Gasteiger partial charge in [-0.25, -0.2) is 0 Å². The summed E-state index contributed by atoms with van der Waals surface area (Å²) in [6.07, 6.45) is 5.87. The van der Waals surface area contributed by atoms with Gasteiger partial charge in [0.25, 0.3) is 0 Å². The molecule has 0 aromatic rings. The van der Waals surface area contributed by atoms with Gasteiger partial charge in [0.1, 0.15) is 0 Å². The van der Waals surface area contributed by atoms with Crippen LogP contribution in [0.5, 0.6) is 0 Å². The minimum absolute atomic E-state index is 0.280. The molecule has 0 aromatic carbocycles. The number of ether oxygens (including phenoxy) is 1. The Labute approximate surface area is 104 Å². The van der Waals surface area contributed by atoms with Crippen LogP contribution in [0.4, 0.5) is 0 Å². The van der Waals surface area contributed by atoms with Crippen molar-refractivity contribution in [1.29, 1.82) is 0 Å². The van der Waals surface area contributed by atoms with Crippen molar-refractivity contribution < 1.29 is 9.53 Å². The number of nitrogens with two attached hydrogens (primary N) is 1. The van der Waals surface area contributed by atoms with Crippen molar-refractivity contribution in [3.05, 3.63) is 0 Å². The van der Waals surface area contributed by atoms with Crippen LogP contribution in [-0.4, -0.2) is 43.2 Å². The standard InChI is InChI=1S/C13H26N2O2/c1-2-17-11-5-7-13(16)15-10-4-3-6-12(15)8-9-14/h12H,2-11,14H2,1H3. The molecule has 1 heterocycles. The van der Waals surface area contributed by atoms with Gasteiger partial charge in [-0.3, -0.25) is 4.79 Å². The Morgan fingerprint density at radius 1 is 1.47 bits per heavy atom. The third kappa shape index (κ3) is 5.04. The number of piperidine rings is 1. The van der Waals surface area contributed by atoms with E-state index >= 15 is 0 Å². The van der Waals surface area contributed by atoms with Gasteiger partial charge < -0.3 is 15.4 Å². The summed E-state index contributed by atoms with van der Waals surface area (Å²) in [6, 6.07) is 0.383. The normalized spacial score (nSPS) is 20.6. The molecular weight excluding hydrogens is 216 g/mol. The van der Waals surface area contributed by atoms with Gasteiger partial charge in [0.05, 0.1) is 0 Å². The Morgan fingerprint density at radius 3 is 3.00 bits per heavy atom. The number of amides is 1. The van der Waals surface area contributed by atoms with E-state index in [0.29, 0.717) is 25.6 Å². The van der Waals surface area contributed by atoms with Gasteiger partial charge >= 0.3 is 0 Å². The lowest BCUT2D eigenvalue weighted by Crippen LogP contribution is -2.44. The molecule has 1 saturated heterocycles. The van der Waals surface area contributed by atoms with Crippen molar-refractivity contribution in [3.63, 3.8) is 0 Å². The van der Waals surface area contributed by atoms with Crippen molar-refractivity contribution >= 4 is 5.91 Å². The first-order chi connectivity index (χ1) is 8.29. The lowest BCUT2D eigenvalue weighted by Gasteiger charge is -2.35. The molecule has 17 heavy (non-hydrogen) atoms. The largest absolute Gasteiger partial charge is 0.382 e. The highest BCUT2D eigenvalue weighted by atomic mass is 16.5. The minimum atomic E-state index is 0.280. The first-order valence-corrected chi connectivity index (χ1v) is 6.86. The summed E-state index contributed by atoms with van der Waals surface area (Å²) in [5.41, 5.74) is 5.60. The molecule has 1 atom stereocenters. The summed E-state index contributed by atoms with van der Waals surface area (Å²) >= 11 is 0. The molecule has 4 heteroatoms. The highest BCUT2D eigenvalue weighted by Gasteiger charge is 2.25. The molecule has 0 aromatic heterocycles. The summed E-state index contributed by atoms with van der Waals surface area (Å²) in [4.78, 5) is 14.1. The van der Waals surface area contributed by atoms with Crippen LogP contribution in [0.2, 0.25) is 0 Å². The van der Waals surface area contributed by atoms with Crippen LogP contribution in [0.15, 0.2) is 0 Å². The fourth-order valence-corrected chi connectivity index (χ4v) is 2.43. The summed E-state index contributed by atoms with van der Waals surface area (Å²) in [5, 5.41) is 0. The second kappa shape index (κ2) is 8.48. The summed E-state index contributed by atoms with van der Waals surface area (Å²) in [7, 11) is 0. The van der Waals surface area contributed by atoms with E-state index in [-0.39, 0.29) is 5.91 Å². The molecule has 1 aliphatic rings. The Morgan fingerprint density at radius 2 is 2.29 bits per heavy atom. The van der Waals surface area contributed by atoms with Gasteiger partial charge in [-0.05, 0) is 45.6 Å². The maximum Gasteiger partial charge on any atom is 0.222 e. The molecule has 0 aliphatic carbocycles. The molecule has 0 radical (unpaired) electrons. The number of nitrogens with zero attached hydrogens (tertiary/aromatic N) is 1. The predicted octanol–water partition coefficient (Wildman–Crippen LogP) is 1.53. The molecule has 0 saturated carbocycles. The Balaban J connectivity index is 2.31. The number of carbonyl (C=O) groups excluding carboxylic acids is 1. The van der Waals surface area contributed by atoms with Crippen LogP contribution in [0, 0.1) is 0 Å². The molecule has 100 valence electrons. The second-order valence-electron chi connectivity index (χ2n) is 4.61. The van der Waals surface area contributed by atoms with E-state index in [1.807, 2.05) is 11.8 Å². The monoisotopic (exact) mass is 242 g/mol. The molecule has 2 N–H and O–H groups in total. The third-order valence-corrected chi connectivity index (χ3v) is 3.33. The van der Waals surface area contributed by atoms with Gasteiger partial charge in [-0.1, -0.05) is 0 Å². The van der Waals surface area contributed by atoms with Crippen molar-refractivity contribution in [1.82, 2.24) is 4.90 Å². The van der Waals surface area contributed by atoms with Crippen molar-refractivity contribution in [2.45, 2.75) is 51.5 Å². The van der Waals surface area contributed by atoms with Crippen LogP contribution in [0.1, 0.15) is 45.4 Å². The van der Waals surface area contributed by atoms with Crippen LogP contribution < -0.4 is 5.73 Å². The van der Waals surface area contributed by atoms with E-state index in [0.717, 1.165) is 38.8 Å². The lowest BCUT2D eigenvalue weighted by molar-refractivity contribution is -0.135. The van der Waals surface area contributed by atoms with E-state index < -0.39 is 0 Å². The fourth-order valence-electron chi connectivity index (χ4n) is 2.43. The minimum Gasteiger partial charge on any atom is -0.382 e. The zero-order valence-corrected chi connectivity index (χ0v) is 11.0. The van der Waals surface area contributed by atoms with Gasteiger partial charge in [0.15, 0.2) is 0 Å². The molecule has 4 nitrogen and oxygen atoms in total. The first-order valence-electron chi connectivity index (χ1n) is 6.86. The molecule has 0 spiro atoms. The molecule has 1 unspecified atom stereocenters. The van der Waals surface area contributed by atoms with E-state index in [2.05, 4.69) is 0 Å². The number of likely N-dealkylation sites (tertiary alicyclic amines) is 1. The molecule has 0 bridgehead atoms. The quantitative estimate of drug-likeness (QED) is 0.689. The average molecular weight is 242 g/mol. The number of carbonyl (C=O) groups is 1. The molecular formula is C13H26N2O2. The Kier molecular flexibility index (Phi) is 7.21. The van der Waals surface area contributed by atoms with Gasteiger partial charge in [0, 0.05) is 32.2 Å². The third-order valence-electron chi connectivity index (χ3n) is 3.33. The van der Waals surface area contributed by atoms with Crippen molar-refractivity contribution in [2.24, 2.45) is 5.73 Å². The van der Waals surface area contributed by atoms with Gasteiger partial charge in [0.2, 0.25) is 5.91 Å². The van der Waals surface area contributed by atoms with Crippen molar-refractivity contribution in [2.75, 3.05) is 26.3 Å². The number of rotatable bonds is 7. The second-order valence-corrected chi connectivity index (χ2v) is 4.61. The van der Waals surface area contributed by atoms with Gasteiger partial charge in [-0.2, -0.15) is 0 Å². The lowest BCUT2D eigenvalue weighted by atomic mass is 9.99. The van der Waals surface area contributed by atoms with Crippen LogP contribution in [0.3, 0.4) is 0 Å². The Bertz CT molecular complexity index is 219. The Hall–Kier alpha value is -0.610. The fraction of sp³-hybridized carbons (Fsp3) is 0.923. The first kappa shape index (κ1) is 14.5. The van der Waals surface area contributed by atoms with E-state index in [1.54, 1.807) is 0 Å². The molecule has 1 rings (SSSR count). The maximum atomic E-state index is 12.1.